The lowest BCUT2D eigenvalue weighted by Crippen LogP contribution is -3.10. The second kappa shape index (κ2) is 19.7. The molecule has 0 aliphatic carbocycles. The molecule has 0 aromatic carbocycles. The summed E-state index contributed by atoms with van der Waals surface area (Å²) in [4.78, 5) is 36.1. The largest absolute Gasteiger partial charge is 0.626 e. The van der Waals surface area contributed by atoms with Crippen molar-refractivity contribution in [2.45, 2.75) is 97.3 Å². The van der Waals surface area contributed by atoms with Crippen LogP contribution in [0, 0.1) is 21.2 Å². The van der Waals surface area contributed by atoms with E-state index in [1.54, 1.807) is 12.3 Å². The molecule has 1 aromatic heterocycles. The molecule has 1 aromatic rings. The predicted molar refractivity (Wildman–Crippen MR) is 154 cm³/mol. The number of pyridine rings is 1. The Hall–Kier alpha value is -2.30. The van der Waals surface area contributed by atoms with E-state index in [0.717, 1.165) is 77.1 Å². The van der Waals surface area contributed by atoms with Crippen molar-refractivity contribution in [3.05, 3.63) is 39.2 Å². The molecule has 1 saturated heterocycles. The van der Waals surface area contributed by atoms with Gasteiger partial charge in [-0.2, -0.15) is 0 Å². The van der Waals surface area contributed by atoms with Gasteiger partial charge in [0.1, 0.15) is 5.82 Å². The van der Waals surface area contributed by atoms with Gasteiger partial charge in [0, 0.05) is 38.9 Å². The Kier molecular flexibility index (Phi) is 16.6. The maximum atomic E-state index is 12.5. The molecule has 0 saturated carbocycles. The van der Waals surface area contributed by atoms with E-state index < -0.39 is 11.0 Å². The Morgan fingerprint density at radius 1 is 0.923 bits per heavy atom. The van der Waals surface area contributed by atoms with Crippen LogP contribution in [0.15, 0.2) is 18.3 Å². The van der Waals surface area contributed by atoms with Crippen molar-refractivity contribution in [2.24, 2.45) is 5.92 Å². The molecule has 1 amide bonds. The highest BCUT2D eigenvalue weighted by molar-refractivity contribution is 5.87. The summed E-state index contributed by atoms with van der Waals surface area (Å²) in [6.45, 7) is 10.0. The molecule has 1 fully saturated rings. The van der Waals surface area contributed by atoms with Gasteiger partial charge in [-0.25, -0.2) is 9.78 Å². The minimum atomic E-state index is -0.727. The number of nitrogens with one attached hydrogen (secondary N) is 1. The van der Waals surface area contributed by atoms with Crippen LogP contribution in [0.4, 0.5) is 5.82 Å². The van der Waals surface area contributed by atoms with E-state index in [1.807, 2.05) is 6.07 Å². The van der Waals surface area contributed by atoms with E-state index in [0.29, 0.717) is 18.0 Å². The van der Waals surface area contributed by atoms with Crippen molar-refractivity contribution in [1.29, 1.82) is 0 Å². The lowest BCUT2D eigenvalue weighted by Gasteiger charge is -2.36. The molecule has 2 heterocycles. The molecule has 1 aliphatic heterocycles. The van der Waals surface area contributed by atoms with Crippen molar-refractivity contribution in [3.8, 4) is 0 Å². The molecule has 0 radical (unpaired) electrons. The number of hydroxylamine groups is 2. The van der Waals surface area contributed by atoms with E-state index in [-0.39, 0.29) is 11.7 Å². The Bertz CT molecular complexity index is 800. The summed E-state index contributed by atoms with van der Waals surface area (Å²) in [5, 5.41) is 21.4. The average Bonchev–Trinajstić information content (AvgIpc) is 2.92. The number of hydrogen-bond donors (Lipinski definition) is 1. The average molecular weight is 550 g/mol. The van der Waals surface area contributed by atoms with Gasteiger partial charge in [0.25, 0.3) is 5.09 Å². The highest BCUT2D eigenvalue weighted by Crippen LogP contribution is 2.15. The summed E-state index contributed by atoms with van der Waals surface area (Å²) in [7, 11) is 0. The van der Waals surface area contributed by atoms with E-state index in [2.05, 4.69) is 33.5 Å². The minimum absolute atomic E-state index is 0.208. The first-order valence-corrected chi connectivity index (χ1v) is 15.1. The lowest BCUT2D eigenvalue weighted by molar-refractivity contribution is -0.757. The minimum Gasteiger partial charge on any atom is -0.626 e. The number of carbonyl (C=O) groups is 1. The zero-order valence-electron chi connectivity index (χ0n) is 24.3. The SMILES string of the molecule is CC(C)CN1CCN(c2ccc(C(=O)[NH+]([O-])CCCCCCCCCCCCCCCO[N+](=O)[O-])cn2)CC1. The summed E-state index contributed by atoms with van der Waals surface area (Å²) >= 11 is 0. The van der Waals surface area contributed by atoms with Crippen LogP contribution < -0.4 is 9.96 Å². The van der Waals surface area contributed by atoms with Gasteiger partial charge in [0.2, 0.25) is 0 Å². The van der Waals surface area contributed by atoms with Crippen LogP contribution in [0.2, 0.25) is 0 Å². The van der Waals surface area contributed by atoms with Crippen LogP contribution in [0.1, 0.15) is 108 Å². The number of rotatable bonds is 21. The Morgan fingerprint density at radius 3 is 1.95 bits per heavy atom. The molecule has 1 aliphatic rings. The molecule has 10 nitrogen and oxygen atoms in total. The molecule has 10 heteroatoms. The van der Waals surface area contributed by atoms with Crippen LogP contribution in [0.3, 0.4) is 0 Å². The molecular formula is C29H51N5O5. The number of anilines is 1. The third-order valence-corrected chi connectivity index (χ3v) is 7.33. The van der Waals surface area contributed by atoms with Gasteiger partial charge >= 0.3 is 5.91 Å². The van der Waals surface area contributed by atoms with Crippen molar-refractivity contribution in [3.63, 3.8) is 0 Å². The zero-order valence-corrected chi connectivity index (χ0v) is 24.3. The van der Waals surface area contributed by atoms with Gasteiger partial charge in [-0.3, -0.25) is 4.90 Å². The second-order valence-electron chi connectivity index (χ2n) is 11.2. The fraction of sp³-hybridized carbons (Fsp3) is 0.793. The van der Waals surface area contributed by atoms with Gasteiger partial charge < -0.3 is 20.0 Å². The van der Waals surface area contributed by atoms with E-state index in [9.17, 15) is 20.1 Å². The Balaban J connectivity index is 1.45. The molecule has 1 N–H and O–H groups in total. The number of quaternary nitrogens is 1. The monoisotopic (exact) mass is 549 g/mol. The van der Waals surface area contributed by atoms with Gasteiger partial charge in [0.15, 0.2) is 0 Å². The number of aromatic nitrogens is 1. The molecule has 1 unspecified atom stereocenters. The Morgan fingerprint density at radius 2 is 1.46 bits per heavy atom. The van der Waals surface area contributed by atoms with Gasteiger partial charge in [-0.15, -0.1) is 10.1 Å². The Labute approximate surface area is 234 Å². The van der Waals surface area contributed by atoms with Crippen molar-refractivity contribution < 1.29 is 19.8 Å². The molecule has 0 bridgehead atoms. The summed E-state index contributed by atoms with van der Waals surface area (Å²) in [5.74, 6) is 1.13. The first kappa shape index (κ1) is 32.9. The van der Waals surface area contributed by atoms with Crippen molar-refractivity contribution >= 4 is 11.7 Å². The highest BCUT2D eigenvalue weighted by Gasteiger charge is 2.20. The second-order valence-corrected chi connectivity index (χ2v) is 11.2. The number of amides is 1. The molecule has 1 atom stereocenters. The van der Waals surface area contributed by atoms with Crippen LogP contribution >= 0.6 is 0 Å². The third kappa shape index (κ3) is 14.6. The standard InChI is InChI=1S/C29H51N5O5/c1-26(2)25-31-19-21-32(22-20-31)28-17-16-27(24-30-28)29(35)33(36)18-14-12-10-8-6-4-3-5-7-9-11-13-15-23-39-34(37)38/h16-17,24,26,33H,3-15,18-23,25H2,1-2H3. The van der Waals surface area contributed by atoms with Crippen LogP contribution in [-0.2, 0) is 4.84 Å². The molecule has 222 valence electrons. The first-order valence-electron chi connectivity index (χ1n) is 15.1. The topological polar surface area (TPSA) is 116 Å². The number of piperazine rings is 1. The molecule has 0 spiro atoms. The van der Waals surface area contributed by atoms with E-state index in [4.69, 9.17) is 0 Å². The van der Waals surface area contributed by atoms with Gasteiger partial charge in [-0.05, 0) is 37.3 Å². The molecular weight excluding hydrogens is 498 g/mol. The van der Waals surface area contributed by atoms with Gasteiger partial charge in [0.05, 0.1) is 18.7 Å². The van der Waals surface area contributed by atoms with Crippen LogP contribution in [-0.4, -0.2) is 66.8 Å². The van der Waals surface area contributed by atoms with E-state index in [1.165, 1.54) is 44.9 Å². The summed E-state index contributed by atoms with van der Waals surface area (Å²) in [6.07, 6.45) is 15.8. The normalized spacial score (nSPS) is 15.0. The maximum absolute atomic E-state index is 12.5. The van der Waals surface area contributed by atoms with Crippen molar-refractivity contribution in [1.82, 2.24) is 9.88 Å². The number of hydrogen-bond acceptors (Lipinski definition) is 8. The van der Waals surface area contributed by atoms with Crippen molar-refractivity contribution in [2.75, 3.05) is 50.8 Å². The summed E-state index contributed by atoms with van der Waals surface area (Å²) in [6, 6.07) is 3.62. The summed E-state index contributed by atoms with van der Waals surface area (Å²) < 4.78 is 0. The third-order valence-electron chi connectivity index (χ3n) is 7.33. The highest BCUT2D eigenvalue weighted by atomic mass is 16.9. The maximum Gasteiger partial charge on any atom is 0.345 e. The summed E-state index contributed by atoms with van der Waals surface area (Å²) in [5.41, 5.74) is 0.394. The number of carbonyl (C=O) groups excluding carboxylic acids is 1. The van der Waals surface area contributed by atoms with Crippen LogP contribution in [0.5, 0.6) is 0 Å². The molecule has 2 rings (SSSR count). The number of nitrogens with zero attached hydrogens (tertiary/aromatic N) is 4. The van der Waals surface area contributed by atoms with Crippen LogP contribution in [0.25, 0.3) is 0 Å². The van der Waals surface area contributed by atoms with E-state index >= 15 is 0 Å². The molecule has 39 heavy (non-hydrogen) atoms. The zero-order chi connectivity index (χ0) is 28.3. The first-order chi connectivity index (χ1) is 18.9. The fourth-order valence-electron chi connectivity index (χ4n) is 5.13. The smallest absolute Gasteiger partial charge is 0.345 e. The number of unbranched alkanes of at least 4 members (excludes halogenated alkanes) is 12. The van der Waals surface area contributed by atoms with Gasteiger partial charge in [-0.1, -0.05) is 78.1 Å². The fourth-order valence-corrected chi connectivity index (χ4v) is 5.13. The predicted octanol–water partition coefficient (Wildman–Crippen LogP) is 4.66. The lowest BCUT2D eigenvalue weighted by atomic mass is 10.0. The quantitative estimate of drug-likeness (QED) is 0.134.